The third-order valence-electron chi connectivity index (χ3n) is 6.51. The Morgan fingerprint density at radius 3 is 2.33 bits per heavy atom. The van der Waals surface area contributed by atoms with Crippen molar-refractivity contribution >= 4 is 29.9 Å². The predicted octanol–water partition coefficient (Wildman–Crippen LogP) is 5.08. The number of nitrogens with one attached hydrogen (secondary N) is 1. The Balaban J connectivity index is 0.00000256. The van der Waals surface area contributed by atoms with Crippen molar-refractivity contribution in [2.45, 2.75) is 31.8 Å². The normalized spacial score (nSPS) is 26.9. The molecule has 2 aliphatic rings. The van der Waals surface area contributed by atoms with Crippen LogP contribution in [0.3, 0.4) is 0 Å². The van der Waals surface area contributed by atoms with E-state index in [2.05, 4.69) is 82.8 Å². The first kappa shape index (κ1) is 23.1. The maximum absolute atomic E-state index is 6.05. The number of hydrogen-bond acceptors (Lipinski definition) is 2. The summed E-state index contributed by atoms with van der Waals surface area (Å²) < 4.78 is 6.05. The molecule has 0 radical (unpaired) electrons. The largest absolute Gasteiger partial charge is 0.373 e. The zero-order valence-corrected chi connectivity index (χ0v) is 20.4. The highest BCUT2D eigenvalue weighted by Gasteiger charge is 2.32. The van der Waals surface area contributed by atoms with Crippen molar-refractivity contribution in [3.05, 3.63) is 71.8 Å². The van der Waals surface area contributed by atoms with Gasteiger partial charge in [0, 0.05) is 39.2 Å². The molecule has 162 valence electrons. The number of benzene rings is 2. The fourth-order valence-corrected chi connectivity index (χ4v) is 4.94. The van der Waals surface area contributed by atoms with E-state index in [1.165, 1.54) is 17.5 Å². The number of guanidine groups is 1. The molecule has 0 aliphatic carbocycles. The third kappa shape index (κ3) is 5.35. The van der Waals surface area contributed by atoms with Crippen LogP contribution in [0.1, 0.15) is 42.9 Å². The first-order valence-electron chi connectivity index (χ1n) is 10.9. The molecule has 0 saturated carbocycles. The number of likely N-dealkylation sites (tertiary alicyclic amines) is 1. The molecule has 1 N–H and O–H groups in total. The zero-order chi connectivity index (χ0) is 20.1. The number of aliphatic imine (C=N–C) groups is 1. The number of rotatable bonds is 4. The average Bonchev–Trinajstić information content (AvgIpc) is 3.24. The van der Waals surface area contributed by atoms with Crippen molar-refractivity contribution in [2.75, 3.05) is 33.3 Å². The van der Waals surface area contributed by atoms with E-state index < -0.39 is 0 Å². The first-order chi connectivity index (χ1) is 14.3. The van der Waals surface area contributed by atoms with Gasteiger partial charge in [-0.25, -0.2) is 0 Å². The molecule has 2 heterocycles. The van der Waals surface area contributed by atoms with Gasteiger partial charge in [-0.05, 0) is 35.8 Å². The van der Waals surface area contributed by atoms with Crippen LogP contribution in [-0.4, -0.2) is 44.1 Å². The highest BCUT2D eigenvalue weighted by molar-refractivity contribution is 14.0. The van der Waals surface area contributed by atoms with Crippen LogP contribution in [0.4, 0.5) is 0 Å². The molecule has 0 amide bonds. The maximum atomic E-state index is 6.05. The fourth-order valence-electron chi connectivity index (χ4n) is 4.94. The van der Waals surface area contributed by atoms with Crippen LogP contribution in [0.2, 0.25) is 0 Å². The van der Waals surface area contributed by atoms with Crippen LogP contribution in [0, 0.1) is 11.8 Å². The minimum Gasteiger partial charge on any atom is -0.373 e. The summed E-state index contributed by atoms with van der Waals surface area (Å²) in [5.74, 6) is 2.75. The molecule has 0 spiro atoms. The van der Waals surface area contributed by atoms with Gasteiger partial charge >= 0.3 is 0 Å². The van der Waals surface area contributed by atoms with E-state index in [4.69, 9.17) is 4.74 Å². The van der Waals surface area contributed by atoms with Gasteiger partial charge in [0.15, 0.2) is 5.96 Å². The van der Waals surface area contributed by atoms with Gasteiger partial charge in [0.25, 0.3) is 0 Å². The lowest BCUT2D eigenvalue weighted by Gasteiger charge is -2.39. The lowest BCUT2D eigenvalue weighted by molar-refractivity contribution is 0.0912. The maximum Gasteiger partial charge on any atom is 0.193 e. The predicted molar refractivity (Wildman–Crippen MR) is 135 cm³/mol. The number of ether oxygens (including phenoxy) is 1. The number of halogens is 1. The molecular weight excluding hydrogens is 485 g/mol. The minimum absolute atomic E-state index is 0. The van der Waals surface area contributed by atoms with Gasteiger partial charge in [0.05, 0.1) is 6.10 Å². The number of piperidine rings is 1. The highest BCUT2D eigenvalue weighted by Crippen LogP contribution is 2.35. The molecule has 0 bridgehead atoms. The Morgan fingerprint density at radius 1 is 1.03 bits per heavy atom. The highest BCUT2D eigenvalue weighted by atomic mass is 127. The molecule has 4 rings (SSSR count). The summed E-state index contributed by atoms with van der Waals surface area (Å²) in [5.41, 5.74) is 2.75. The van der Waals surface area contributed by atoms with Crippen LogP contribution in [0.5, 0.6) is 0 Å². The second-order valence-corrected chi connectivity index (χ2v) is 8.41. The summed E-state index contributed by atoms with van der Waals surface area (Å²) >= 11 is 0. The summed E-state index contributed by atoms with van der Waals surface area (Å²) in [5, 5.41) is 3.65. The molecule has 0 aromatic heterocycles. The molecule has 2 aromatic carbocycles. The summed E-state index contributed by atoms with van der Waals surface area (Å²) in [6, 6.07) is 21.6. The topological polar surface area (TPSA) is 36.9 Å². The van der Waals surface area contributed by atoms with E-state index >= 15 is 0 Å². The van der Waals surface area contributed by atoms with Crippen LogP contribution in [0.25, 0.3) is 0 Å². The fraction of sp³-hybridized carbons (Fsp3) is 0.480. The van der Waals surface area contributed by atoms with Gasteiger partial charge in [-0.1, -0.05) is 67.6 Å². The van der Waals surface area contributed by atoms with Crippen molar-refractivity contribution in [1.82, 2.24) is 10.2 Å². The summed E-state index contributed by atoms with van der Waals surface area (Å²) in [6.45, 7) is 6.20. The molecule has 5 heteroatoms. The van der Waals surface area contributed by atoms with Crippen molar-refractivity contribution in [3.8, 4) is 0 Å². The molecular formula is C25H34IN3O. The second kappa shape index (κ2) is 11.1. The molecule has 4 nitrogen and oxygen atoms in total. The Morgan fingerprint density at radius 2 is 1.70 bits per heavy atom. The minimum atomic E-state index is 0. The number of nitrogens with zero attached hydrogens (tertiary/aromatic N) is 2. The lowest BCUT2D eigenvalue weighted by Crippen LogP contribution is -2.49. The molecule has 2 fully saturated rings. The summed E-state index contributed by atoms with van der Waals surface area (Å²) in [6.07, 6.45) is 2.45. The summed E-state index contributed by atoms with van der Waals surface area (Å²) in [7, 11) is 1.90. The van der Waals surface area contributed by atoms with Crippen molar-refractivity contribution < 1.29 is 4.74 Å². The molecule has 4 atom stereocenters. The standard InChI is InChI=1S/C25H33N3O.HI/c1-19-18-28(15-13-23(19)20-9-5-3-6-10-20)25(26-2)27-17-22-14-16-29-24(22)21-11-7-4-8-12-21;/h3-12,19,22-24H,13-18H2,1-2H3,(H,26,27);1H. The summed E-state index contributed by atoms with van der Waals surface area (Å²) in [4.78, 5) is 7.02. The quantitative estimate of drug-likeness (QED) is 0.348. The van der Waals surface area contributed by atoms with Crippen LogP contribution in [-0.2, 0) is 4.74 Å². The van der Waals surface area contributed by atoms with Gasteiger partial charge in [-0.2, -0.15) is 0 Å². The van der Waals surface area contributed by atoms with Gasteiger partial charge in [0.1, 0.15) is 0 Å². The smallest absolute Gasteiger partial charge is 0.193 e. The van der Waals surface area contributed by atoms with Crippen molar-refractivity contribution in [2.24, 2.45) is 16.8 Å². The van der Waals surface area contributed by atoms with Gasteiger partial charge in [-0.15, -0.1) is 24.0 Å². The monoisotopic (exact) mass is 519 g/mol. The van der Waals surface area contributed by atoms with E-state index in [9.17, 15) is 0 Å². The Bertz CT molecular complexity index is 799. The second-order valence-electron chi connectivity index (χ2n) is 8.41. The van der Waals surface area contributed by atoms with Crippen molar-refractivity contribution in [3.63, 3.8) is 0 Å². The molecule has 4 unspecified atom stereocenters. The zero-order valence-electron chi connectivity index (χ0n) is 18.0. The average molecular weight is 519 g/mol. The Hall–Kier alpha value is -1.60. The SMILES string of the molecule is CN=C(NCC1CCOC1c1ccccc1)N1CCC(c2ccccc2)C(C)C1.I. The van der Waals surface area contributed by atoms with E-state index in [1.807, 2.05) is 7.05 Å². The van der Waals surface area contributed by atoms with Crippen LogP contribution in [0.15, 0.2) is 65.7 Å². The van der Waals surface area contributed by atoms with Crippen molar-refractivity contribution in [1.29, 1.82) is 0 Å². The van der Waals surface area contributed by atoms with Crippen LogP contribution >= 0.6 is 24.0 Å². The molecule has 30 heavy (non-hydrogen) atoms. The molecule has 2 aromatic rings. The molecule has 2 aliphatic heterocycles. The lowest BCUT2D eigenvalue weighted by atomic mass is 9.82. The first-order valence-corrected chi connectivity index (χ1v) is 10.9. The van der Waals surface area contributed by atoms with Gasteiger partial charge in [0.2, 0.25) is 0 Å². The third-order valence-corrected chi connectivity index (χ3v) is 6.51. The van der Waals surface area contributed by atoms with E-state index in [-0.39, 0.29) is 30.1 Å². The Kier molecular flexibility index (Phi) is 8.57. The van der Waals surface area contributed by atoms with E-state index in [1.54, 1.807) is 0 Å². The van der Waals surface area contributed by atoms with E-state index in [0.29, 0.717) is 17.8 Å². The Labute approximate surface area is 198 Å². The van der Waals surface area contributed by atoms with Gasteiger partial charge in [-0.3, -0.25) is 4.99 Å². The van der Waals surface area contributed by atoms with Crippen LogP contribution < -0.4 is 5.32 Å². The van der Waals surface area contributed by atoms with E-state index in [0.717, 1.165) is 38.6 Å². The molecule has 2 saturated heterocycles. The van der Waals surface area contributed by atoms with Gasteiger partial charge < -0.3 is 15.0 Å². The number of hydrogen-bond donors (Lipinski definition) is 1.